The Hall–Kier alpha value is -2.21. The van der Waals surface area contributed by atoms with Gasteiger partial charge in [-0.1, -0.05) is 39.3 Å². The van der Waals surface area contributed by atoms with E-state index in [4.69, 9.17) is 20.0 Å². The van der Waals surface area contributed by atoms with E-state index in [0.29, 0.717) is 24.5 Å². The molecule has 0 unspecified atom stereocenters. The van der Waals surface area contributed by atoms with Crippen LogP contribution < -0.4 is 15.2 Å². The Morgan fingerprint density at radius 2 is 1.95 bits per heavy atom. The number of amidine groups is 1. The highest BCUT2D eigenvalue weighted by Gasteiger charge is 2.06. The molecular formula is C16H17BrN2O3. The van der Waals surface area contributed by atoms with Crippen molar-refractivity contribution < 1.29 is 14.3 Å². The van der Waals surface area contributed by atoms with Crippen LogP contribution in [0, 0.1) is 0 Å². The second-order valence-electron chi connectivity index (χ2n) is 4.32. The van der Waals surface area contributed by atoms with E-state index in [0.717, 1.165) is 10.2 Å². The fraction of sp³-hybridized carbons (Fsp3) is 0.188. The van der Waals surface area contributed by atoms with E-state index in [1.54, 1.807) is 7.11 Å². The average Bonchev–Trinajstić information content (AvgIpc) is 2.54. The fourth-order valence-electron chi connectivity index (χ4n) is 1.77. The number of hydrogen-bond acceptors (Lipinski definition) is 4. The molecule has 0 aliphatic carbocycles. The molecule has 22 heavy (non-hydrogen) atoms. The van der Waals surface area contributed by atoms with Crippen LogP contribution in [0.3, 0.4) is 0 Å². The Bertz CT molecular complexity index is 647. The van der Waals surface area contributed by atoms with Gasteiger partial charge < -0.3 is 20.0 Å². The maximum atomic E-state index is 5.88. The highest BCUT2D eigenvalue weighted by Crippen LogP contribution is 2.18. The van der Waals surface area contributed by atoms with Crippen LogP contribution in [-0.2, 0) is 4.84 Å². The summed E-state index contributed by atoms with van der Waals surface area (Å²) in [5, 5.41) is 3.88. The van der Waals surface area contributed by atoms with Crippen molar-refractivity contribution in [1.82, 2.24) is 0 Å². The quantitative estimate of drug-likeness (QED) is 0.354. The molecule has 0 radical (unpaired) electrons. The van der Waals surface area contributed by atoms with Crippen molar-refractivity contribution in [1.29, 1.82) is 0 Å². The van der Waals surface area contributed by atoms with Crippen molar-refractivity contribution in [2.45, 2.75) is 0 Å². The number of benzene rings is 2. The van der Waals surface area contributed by atoms with E-state index in [9.17, 15) is 0 Å². The van der Waals surface area contributed by atoms with E-state index < -0.39 is 0 Å². The van der Waals surface area contributed by atoms with Gasteiger partial charge in [-0.25, -0.2) is 0 Å². The maximum absolute atomic E-state index is 5.88. The van der Waals surface area contributed by atoms with Crippen LogP contribution in [0.15, 0.2) is 58.2 Å². The summed E-state index contributed by atoms with van der Waals surface area (Å²) in [4.78, 5) is 5.17. The van der Waals surface area contributed by atoms with Gasteiger partial charge in [0.2, 0.25) is 0 Å². The second kappa shape index (κ2) is 8.29. The van der Waals surface area contributed by atoms with Gasteiger partial charge in [-0.05, 0) is 30.3 Å². The number of rotatable bonds is 7. The van der Waals surface area contributed by atoms with Crippen LogP contribution in [0.5, 0.6) is 11.5 Å². The zero-order valence-corrected chi connectivity index (χ0v) is 13.7. The van der Waals surface area contributed by atoms with Crippen molar-refractivity contribution >= 4 is 21.8 Å². The molecule has 0 heterocycles. The molecule has 0 aromatic heterocycles. The smallest absolute Gasteiger partial charge is 0.174 e. The van der Waals surface area contributed by atoms with Crippen LogP contribution in [0.1, 0.15) is 5.56 Å². The van der Waals surface area contributed by atoms with Gasteiger partial charge in [0.15, 0.2) is 12.4 Å². The van der Waals surface area contributed by atoms with Gasteiger partial charge in [0, 0.05) is 4.47 Å². The minimum atomic E-state index is 0.264. The molecule has 0 aliphatic rings. The molecular weight excluding hydrogens is 348 g/mol. The molecule has 116 valence electrons. The first-order valence-electron chi connectivity index (χ1n) is 6.68. The van der Waals surface area contributed by atoms with Gasteiger partial charge in [0.05, 0.1) is 12.7 Å². The zero-order valence-electron chi connectivity index (χ0n) is 12.2. The Morgan fingerprint density at radius 3 is 2.73 bits per heavy atom. The first kappa shape index (κ1) is 16.2. The zero-order chi connectivity index (χ0) is 15.8. The Morgan fingerprint density at radius 1 is 1.14 bits per heavy atom. The molecule has 0 atom stereocenters. The van der Waals surface area contributed by atoms with E-state index in [2.05, 4.69) is 21.1 Å². The lowest BCUT2D eigenvalue weighted by atomic mass is 10.2. The molecule has 0 saturated heterocycles. The molecule has 0 fully saturated rings. The third kappa shape index (κ3) is 4.66. The predicted molar refractivity (Wildman–Crippen MR) is 89.3 cm³/mol. The summed E-state index contributed by atoms with van der Waals surface area (Å²) in [6.45, 7) is 0.668. The lowest BCUT2D eigenvalue weighted by molar-refractivity contribution is 0.107. The first-order valence-corrected chi connectivity index (χ1v) is 7.47. The molecule has 2 N–H and O–H groups in total. The summed E-state index contributed by atoms with van der Waals surface area (Å²) in [6, 6.07) is 14.9. The van der Waals surface area contributed by atoms with Crippen LogP contribution in [-0.4, -0.2) is 26.2 Å². The van der Waals surface area contributed by atoms with Crippen LogP contribution in [0.4, 0.5) is 0 Å². The number of hydrogen-bond donors (Lipinski definition) is 1. The third-order valence-electron chi connectivity index (χ3n) is 2.79. The van der Waals surface area contributed by atoms with Gasteiger partial charge in [-0.2, -0.15) is 0 Å². The standard InChI is InChI=1S/C16H17BrN2O3/c1-20-15-8-3-2-7-14(15)16(18)19-22-10-9-21-13-6-4-5-12(17)11-13/h2-8,11H,9-10H2,1H3,(H2,18,19). The number of methoxy groups -OCH3 is 1. The summed E-state index contributed by atoms with van der Waals surface area (Å²) < 4.78 is 11.7. The second-order valence-corrected chi connectivity index (χ2v) is 5.23. The van der Waals surface area contributed by atoms with Gasteiger partial charge in [-0.3, -0.25) is 0 Å². The van der Waals surface area contributed by atoms with Gasteiger partial charge in [0.25, 0.3) is 0 Å². The molecule has 0 spiro atoms. The summed E-state index contributed by atoms with van der Waals surface area (Å²) in [6.07, 6.45) is 0. The summed E-state index contributed by atoms with van der Waals surface area (Å²) in [5.74, 6) is 1.68. The van der Waals surface area contributed by atoms with Crippen molar-refractivity contribution in [3.8, 4) is 11.5 Å². The lowest BCUT2D eigenvalue weighted by Crippen LogP contribution is -2.16. The summed E-state index contributed by atoms with van der Waals surface area (Å²) in [7, 11) is 1.58. The molecule has 0 aliphatic heterocycles. The van der Waals surface area contributed by atoms with Crippen LogP contribution in [0.25, 0.3) is 0 Å². The number of nitrogens with zero attached hydrogens (tertiary/aromatic N) is 1. The minimum absolute atomic E-state index is 0.264. The first-order chi connectivity index (χ1) is 10.7. The predicted octanol–water partition coefficient (Wildman–Crippen LogP) is 3.17. The number of nitrogens with two attached hydrogens (primary N) is 1. The highest BCUT2D eigenvalue weighted by molar-refractivity contribution is 9.10. The molecule has 5 nitrogen and oxygen atoms in total. The average molecular weight is 365 g/mol. The van der Waals surface area contributed by atoms with Gasteiger partial charge in [0.1, 0.15) is 18.1 Å². The van der Waals surface area contributed by atoms with Gasteiger partial charge >= 0.3 is 0 Å². The lowest BCUT2D eigenvalue weighted by Gasteiger charge is -2.08. The number of halogens is 1. The van der Waals surface area contributed by atoms with E-state index in [-0.39, 0.29) is 5.84 Å². The number of para-hydroxylation sites is 1. The summed E-state index contributed by atoms with van der Waals surface area (Å²) >= 11 is 3.38. The SMILES string of the molecule is COc1ccccc1/C(N)=N/OCCOc1cccc(Br)c1. The van der Waals surface area contributed by atoms with E-state index in [1.165, 1.54) is 0 Å². The number of ether oxygens (including phenoxy) is 2. The Labute approximate surface area is 137 Å². The monoisotopic (exact) mass is 364 g/mol. The van der Waals surface area contributed by atoms with Crippen molar-refractivity contribution in [3.63, 3.8) is 0 Å². The van der Waals surface area contributed by atoms with E-state index >= 15 is 0 Å². The Balaban J connectivity index is 1.82. The minimum Gasteiger partial charge on any atom is -0.496 e. The maximum Gasteiger partial charge on any atom is 0.174 e. The summed E-state index contributed by atoms with van der Waals surface area (Å²) in [5.41, 5.74) is 6.58. The Kier molecular flexibility index (Phi) is 6.09. The number of oxime groups is 1. The fourth-order valence-corrected chi connectivity index (χ4v) is 2.15. The van der Waals surface area contributed by atoms with Gasteiger partial charge in [-0.15, -0.1) is 0 Å². The normalized spacial score (nSPS) is 11.1. The van der Waals surface area contributed by atoms with Crippen LogP contribution >= 0.6 is 15.9 Å². The largest absolute Gasteiger partial charge is 0.496 e. The molecule has 0 amide bonds. The van der Waals surface area contributed by atoms with Crippen molar-refractivity contribution in [2.24, 2.45) is 10.9 Å². The molecule has 2 aromatic carbocycles. The molecule has 2 rings (SSSR count). The third-order valence-corrected chi connectivity index (χ3v) is 3.28. The highest BCUT2D eigenvalue weighted by atomic mass is 79.9. The van der Waals surface area contributed by atoms with Crippen LogP contribution in [0.2, 0.25) is 0 Å². The van der Waals surface area contributed by atoms with E-state index in [1.807, 2.05) is 48.5 Å². The topological polar surface area (TPSA) is 66.1 Å². The molecule has 6 heteroatoms. The molecule has 0 bridgehead atoms. The molecule has 0 saturated carbocycles. The van der Waals surface area contributed by atoms with Crippen molar-refractivity contribution in [3.05, 3.63) is 58.6 Å². The van der Waals surface area contributed by atoms with Crippen molar-refractivity contribution in [2.75, 3.05) is 20.3 Å². The molecule has 2 aromatic rings.